The molecular weight excluding hydrogens is 218 g/mol. The van der Waals surface area contributed by atoms with Gasteiger partial charge in [-0.15, -0.1) is 11.3 Å². The van der Waals surface area contributed by atoms with Crippen LogP contribution in [0.15, 0.2) is 42.5 Å². The van der Waals surface area contributed by atoms with Gasteiger partial charge in [0.2, 0.25) is 0 Å². The van der Waals surface area contributed by atoms with Crippen molar-refractivity contribution in [3.8, 4) is 0 Å². The van der Waals surface area contributed by atoms with Crippen LogP contribution >= 0.6 is 11.3 Å². The average Bonchev–Trinajstić information content (AvgIpc) is 2.74. The van der Waals surface area contributed by atoms with Crippen molar-refractivity contribution < 1.29 is 4.79 Å². The van der Waals surface area contributed by atoms with Crippen LogP contribution in [-0.2, 0) is 6.54 Å². The summed E-state index contributed by atoms with van der Waals surface area (Å²) in [6.07, 6.45) is 0. The van der Waals surface area contributed by atoms with Gasteiger partial charge in [0.15, 0.2) is 0 Å². The molecule has 0 aliphatic rings. The van der Waals surface area contributed by atoms with Crippen molar-refractivity contribution in [2.24, 2.45) is 0 Å². The third-order valence-corrected chi connectivity index (χ3v) is 3.26. The molecule has 2 rings (SSSR count). The molecule has 0 radical (unpaired) electrons. The average molecular weight is 231 g/mol. The fraction of sp³-hybridized carbons (Fsp3) is 0.154. The maximum atomic E-state index is 11.7. The fourth-order valence-electron chi connectivity index (χ4n) is 1.42. The molecule has 0 spiro atoms. The van der Waals surface area contributed by atoms with Crippen LogP contribution < -0.4 is 5.32 Å². The Morgan fingerprint density at radius 3 is 2.56 bits per heavy atom. The highest BCUT2D eigenvalue weighted by Crippen LogP contribution is 2.14. The zero-order valence-electron chi connectivity index (χ0n) is 9.07. The second-order valence-corrected chi connectivity index (χ2v) is 4.87. The Morgan fingerprint density at radius 2 is 1.94 bits per heavy atom. The topological polar surface area (TPSA) is 29.1 Å². The zero-order chi connectivity index (χ0) is 11.4. The van der Waals surface area contributed by atoms with Crippen molar-refractivity contribution in [1.29, 1.82) is 0 Å². The number of thiophene rings is 1. The number of hydrogen-bond donors (Lipinski definition) is 1. The Morgan fingerprint density at radius 1 is 1.19 bits per heavy atom. The van der Waals surface area contributed by atoms with E-state index in [2.05, 4.69) is 5.32 Å². The number of aryl methyl sites for hydroxylation is 1. The molecule has 0 saturated carbocycles. The van der Waals surface area contributed by atoms with E-state index < -0.39 is 0 Å². The first kappa shape index (κ1) is 10.9. The van der Waals surface area contributed by atoms with E-state index in [1.165, 1.54) is 11.3 Å². The highest BCUT2D eigenvalue weighted by atomic mass is 32.1. The van der Waals surface area contributed by atoms with E-state index >= 15 is 0 Å². The number of hydrogen-bond acceptors (Lipinski definition) is 2. The van der Waals surface area contributed by atoms with Crippen LogP contribution in [-0.4, -0.2) is 5.91 Å². The van der Waals surface area contributed by atoms with Gasteiger partial charge in [-0.2, -0.15) is 0 Å². The molecule has 0 atom stereocenters. The third kappa shape index (κ3) is 2.70. The van der Waals surface area contributed by atoms with Crippen molar-refractivity contribution in [1.82, 2.24) is 5.32 Å². The first-order valence-electron chi connectivity index (χ1n) is 5.14. The molecule has 1 aromatic heterocycles. The summed E-state index contributed by atoms with van der Waals surface area (Å²) in [6.45, 7) is 2.58. The Hall–Kier alpha value is -1.61. The van der Waals surface area contributed by atoms with Crippen molar-refractivity contribution >= 4 is 17.2 Å². The summed E-state index contributed by atoms with van der Waals surface area (Å²) < 4.78 is 0. The van der Waals surface area contributed by atoms with Crippen LogP contribution in [0, 0.1) is 6.92 Å². The Kier molecular flexibility index (Phi) is 3.37. The lowest BCUT2D eigenvalue weighted by Gasteiger charge is -2.03. The van der Waals surface area contributed by atoms with Gasteiger partial charge in [-0.1, -0.05) is 30.3 Å². The van der Waals surface area contributed by atoms with Gasteiger partial charge in [-0.05, 0) is 24.6 Å². The Bertz CT molecular complexity index is 476. The van der Waals surface area contributed by atoms with E-state index in [1.54, 1.807) is 0 Å². The standard InChI is InChI=1S/C13H13NOS/c1-10-7-8-12(16-10)13(15)14-9-11-5-3-2-4-6-11/h2-8H,9H2,1H3,(H,14,15). The van der Waals surface area contributed by atoms with Gasteiger partial charge >= 0.3 is 0 Å². The lowest BCUT2D eigenvalue weighted by molar-refractivity contribution is 0.0955. The van der Waals surface area contributed by atoms with Crippen LogP contribution in [0.4, 0.5) is 0 Å². The number of rotatable bonds is 3. The first-order chi connectivity index (χ1) is 7.75. The normalized spacial score (nSPS) is 10.1. The fourth-order valence-corrected chi connectivity index (χ4v) is 2.21. The Balaban J connectivity index is 1.94. The van der Waals surface area contributed by atoms with E-state index in [-0.39, 0.29) is 5.91 Å². The molecule has 1 amide bonds. The van der Waals surface area contributed by atoms with E-state index in [9.17, 15) is 4.79 Å². The molecule has 0 unspecified atom stereocenters. The molecule has 1 N–H and O–H groups in total. The highest BCUT2D eigenvalue weighted by molar-refractivity contribution is 7.13. The van der Waals surface area contributed by atoms with Crippen molar-refractivity contribution in [3.63, 3.8) is 0 Å². The number of benzene rings is 1. The quantitative estimate of drug-likeness (QED) is 0.864. The monoisotopic (exact) mass is 231 g/mol. The van der Waals surface area contributed by atoms with Gasteiger partial charge in [-0.3, -0.25) is 4.79 Å². The van der Waals surface area contributed by atoms with E-state index in [4.69, 9.17) is 0 Å². The molecule has 2 nitrogen and oxygen atoms in total. The van der Waals surface area contributed by atoms with Gasteiger partial charge < -0.3 is 5.32 Å². The molecule has 2 aromatic rings. The summed E-state index contributed by atoms with van der Waals surface area (Å²) in [5.74, 6) is 0.00181. The van der Waals surface area contributed by atoms with E-state index in [0.29, 0.717) is 6.54 Å². The molecule has 82 valence electrons. The lowest BCUT2D eigenvalue weighted by Crippen LogP contribution is -2.21. The molecule has 0 bridgehead atoms. The minimum absolute atomic E-state index is 0.00181. The van der Waals surface area contributed by atoms with Crippen LogP contribution in [0.25, 0.3) is 0 Å². The SMILES string of the molecule is Cc1ccc(C(=O)NCc2ccccc2)s1. The maximum Gasteiger partial charge on any atom is 0.261 e. The van der Waals surface area contributed by atoms with Crippen molar-refractivity contribution in [2.45, 2.75) is 13.5 Å². The van der Waals surface area contributed by atoms with Gasteiger partial charge in [0.25, 0.3) is 5.91 Å². The lowest BCUT2D eigenvalue weighted by atomic mass is 10.2. The molecule has 1 heterocycles. The minimum Gasteiger partial charge on any atom is -0.347 e. The maximum absolute atomic E-state index is 11.7. The van der Waals surface area contributed by atoms with Crippen LogP contribution in [0.1, 0.15) is 20.1 Å². The van der Waals surface area contributed by atoms with Crippen LogP contribution in [0.2, 0.25) is 0 Å². The van der Waals surface area contributed by atoms with Crippen LogP contribution in [0.3, 0.4) is 0 Å². The first-order valence-corrected chi connectivity index (χ1v) is 5.96. The second-order valence-electron chi connectivity index (χ2n) is 3.58. The number of carbonyl (C=O) groups is 1. The molecule has 3 heteroatoms. The zero-order valence-corrected chi connectivity index (χ0v) is 9.88. The summed E-state index contributed by atoms with van der Waals surface area (Å²) in [6, 6.07) is 13.7. The van der Waals surface area contributed by atoms with Crippen molar-refractivity contribution in [2.75, 3.05) is 0 Å². The van der Waals surface area contributed by atoms with E-state index in [1.807, 2.05) is 49.4 Å². The molecule has 0 fully saturated rings. The molecule has 0 aliphatic carbocycles. The third-order valence-electron chi connectivity index (χ3n) is 2.26. The van der Waals surface area contributed by atoms with E-state index in [0.717, 1.165) is 15.3 Å². The summed E-state index contributed by atoms with van der Waals surface area (Å²) in [7, 11) is 0. The van der Waals surface area contributed by atoms with Gasteiger partial charge in [-0.25, -0.2) is 0 Å². The Labute approximate surface area is 98.9 Å². The highest BCUT2D eigenvalue weighted by Gasteiger charge is 2.06. The van der Waals surface area contributed by atoms with Gasteiger partial charge in [0.1, 0.15) is 0 Å². The largest absolute Gasteiger partial charge is 0.347 e. The summed E-state index contributed by atoms with van der Waals surface area (Å²) in [5.41, 5.74) is 1.11. The molecule has 0 saturated heterocycles. The van der Waals surface area contributed by atoms with Gasteiger partial charge in [0, 0.05) is 11.4 Å². The number of nitrogens with one attached hydrogen (secondary N) is 1. The minimum atomic E-state index is 0.00181. The van der Waals surface area contributed by atoms with Crippen LogP contribution in [0.5, 0.6) is 0 Å². The molecule has 1 aromatic carbocycles. The molecule has 0 aliphatic heterocycles. The van der Waals surface area contributed by atoms with Crippen molar-refractivity contribution in [3.05, 3.63) is 57.8 Å². The number of amides is 1. The summed E-state index contributed by atoms with van der Waals surface area (Å²) >= 11 is 1.52. The second kappa shape index (κ2) is 4.94. The predicted octanol–water partition coefficient (Wildman–Crippen LogP) is 2.99. The smallest absolute Gasteiger partial charge is 0.261 e. The molecular formula is C13H13NOS. The molecule has 16 heavy (non-hydrogen) atoms. The number of carbonyl (C=O) groups excluding carboxylic acids is 1. The summed E-state index contributed by atoms with van der Waals surface area (Å²) in [4.78, 5) is 13.7. The van der Waals surface area contributed by atoms with Gasteiger partial charge in [0.05, 0.1) is 4.88 Å². The summed E-state index contributed by atoms with van der Waals surface area (Å²) in [5, 5.41) is 2.90. The predicted molar refractivity (Wildman–Crippen MR) is 66.7 cm³/mol.